The van der Waals surface area contributed by atoms with Crippen LogP contribution in [0.1, 0.15) is 39.9 Å². The summed E-state index contributed by atoms with van der Waals surface area (Å²) < 4.78 is 0. The molecule has 6 heteroatoms. The third-order valence-corrected chi connectivity index (χ3v) is 5.96. The van der Waals surface area contributed by atoms with E-state index in [2.05, 4.69) is 48.5 Å². The Hall–Kier alpha value is -2.99. The Labute approximate surface area is 174 Å². The van der Waals surface area contributed by atoms with Gasteiger partial charge in [0.2, 0.25) is 5.91 Å². The molecule has 1 aromatic heterocycles. The largest absolute Gasteiger partial charge is 0.326 e. The minimum atomic E-state index is -0.220. The molecular formula is C23H23N3O2S. The Bertz CT molecular complexity index is 1080. The fourth-order valence-corrected chi connectivity index (χ4v) is 3.86. The second-order valence-electron chi connectivity index (χ2n) is 7.58. The van der Waals surface area contributed by atoms with Crippen LogP contribution in [0, 0.1) is 26.7 Å². The summed E-state index contributed by atoms with van der Waals surface area (Å²) in [5.74, 6) is -0.0139. The van der Waals surface area contributed by atoms with Gasteiger partial charge in [0, 0.05) is 28.1 Å². The third-order valence-electron chi connectivity index (χ3n) is 5.20. The zero-order valence-electron chi connectivity index (χ0n) is 16.7. The van der Waals surface area contributed by atoms with Gasteiger partial charge in [-0.3, -0.25) is 14.9 Å². The molecule has 1 aliphatic carbocycles. The molecule has 1 fully saturated rings. The summed E-state index contributed by atoms with van der Waals surface area (Å²) in [6.07, 6.45) is 1.92. The number of carbonyl (C=O) groups is 2. The lowest BCUT2D eigenvalue weighted by Crippen LogP contribution is -2.14. The lowest BCUT2D eigenvalue weighted by atomic mass is 9.99. The number of carbonyl (C=O) groups excluding carboxylic acids is 2. The molecule has 29 heavy (non-hydrogen) atoms. The maximum absolute atomic E-state index is 12.5. The van der Waals surface area contributed by atoms with E-state index in [9.17, 15) is 9.59 Å². The first-order valence-electron chi connectivity index (χ1n) is 9.67. The lowest BCUT2D eigenvalue weighted by molar-refractivity contribution is -0.117. The highest BCUT2D eigenvalue weighted by Crippen LogP contribution is 2.31. The van der Waals surface area contributed by atoms with E-state index in [1.54, 1.807) is 24.3 Å². The van der Waals surface area contributed by atoms with E-state index in [-0.39, 0.29) is 17.7 Å². The highest BCUT2D eigenvalue weighted by Gasteiger charge is 2.29. The van der Waals surface area contributed by atoms with Crippen molar-refractivity contribution in [3.63, 3.8) is 0 Å². The van der Waals surface area contributed by atoms with Crippen LogP contribution < -0.4 is 10.6 Å². The van der Waals surface area contributed by atoms with E-state index in [1.165, 1.54) is 28.0 Å². The summed E-state index contributed by atoms with van der Waals surface area (Å²) in [5, 5.41) is 8.26. The van der Waals surface area contributed by atoms with Crippen LogP contribution in [-0.4, -0.2) is 16.8 Å². The van der Waals surface area contributed by atoms with Gasteiger partial charge in [0.05, 0.1) is 5.69 Å². The third kappa shape index (κ3) is 4.38. The predicted molar refractivity (Wildman–Crippen MR) is 118 cm³/mol. The predicted octanol–water partition coefficient (Wildman–Crippen LogP) is 5.34. The first-order valence-corrected chi connectivity index (χ1v) is 10.5. The molecule has 5 nitrogen and oxygen atoms in total. The highest BCUT2D eigenvalue weighted by atomic mass is 32.1. The van der Waals surface area contributed by atoms with Crippen molar-refractivity contribution < 1.29 is 9.59 Å². The van der Waals surface area contributed by atoms with E-state index >= 15 is 0 Å². The molecular weight excluding hydrogens is 382 g/mol. The summed E-state index contributed by atoms with van der Waals surface area (Å²) in [7, 11) is 0. The molecule has 0 unspecified atom stereocenters. The molecule has 0 radical (unpaired) electrons. The van der Waals surface area contributed by atoms with E-state index in [0.717, 1.165) is 24.1 Å². The van der Waals surface area contributed by atoms with Crippen molar-refractivity contribution in [3.8, 4) is 11.3 Å². The second kappa shape index (κ2) is 7.79. The second-order valence-corrected chi connectivity index (χ2v) is 8.44. The van der Waals surface area contributed by atoms with Crippen molar-refractivity contribution in [2.24, 2.45) is 5.92 Å². The topological polar surface area (TPSA) is 71.1 Å². The molecule has 2 aromatic carbocycles. The monoisotopic (exact) mass is 405 g/mol. The number of rotatable bonds is 5. The maximum Gasteiger partial charge on any atom is 0.257 e. The average molecular weight is 406 g/mol. The quantitative estimate of drug-likeness (QED) is 0.602. The first kappa shape index (κ1) is 19.3. The SMILES string of the molecule is Cc1cc(C)c(-c2csc(NC(=O)c3ccc(NC(=O)C4CC4)cc3)n2)cc1C. The van der Waals surface area contributed by atoms with Gasteiger partial charge < -0.3 is 5.32 Å². The Kier molecular flexibility index (Phi) is 5.20. The number of hydrogen-bond donors (Lipinski definition) is 2. The molecule has 4 rings (SSSR count). The number of anilines is 2. The molecule has 0 spiro atoms. The molecule has 0 bridgehead atoms. The van der Waals surface area contributed by atoms with Crippen LogP contribution >= 0.6 is 11.3 Å². The van der Waals surface area contributed by atoms with Crippen molar-refractivity contribution in [3.05, 3.63) is 64.0 Å². The Morgan fingerprint density at radius 3 is 2.34 bits per heavy atom. The minimum absolute atomic E-state index is 0.0548. The number of nitrogens with one attached hydrogen (secondary N) is 2. The van der Waals surface area contributed by atoms with Gasteiger partial charge in [0.1, 0.15) is 0 Å². The van der Waals surface area contributed by atoms with Crippen LogP contribution in [0.5, 0.6) is 0 Å². The fraction of sp³-hybridized carbons (Fsp3) is 0.261. The van der Waals surface area contributed by atoms with Gasteiger partial charge in [-0.2, -0.15) is 0 Å². The van der Waals surface area contributed by atoms with Crippen molar-refractivity contribution >= 4 is 34.0 Å². The molecule has 3 aromatic rings. The molecule has 148 valence electrons. The number of thiazole rings is 1. The average Bonchev–Trinajstić information content (AvgIpc) is 3.45. The van der Waals surface area contributed by atoms with Gasteiger partial charge in [-0.25, -0.2) is 4.98 Å². The smallest absolute Gasteiger partial charge is 0.257 e. The van der Waals surface area contributed by atoms with Crippen LogP contribution in [-0.2, 0) is 4.79 Å². The number of nitrogens with zero attached hydrogens (tertiary/aromatic N) is 1. The van der Waals surface area contributed by atoms with E-state index in [4.69, 9.17) is 0 Å². The van der Waals surface area contributed by atoms with E-state index < -0.39 is 0 Å². The standard InChI is InChI=1S/C23H23N3O2S/c1-13-10-15(3)19(11-14(13)2)20-12-29-23(25-20)26-22(28)17-6-8-18(9-7-17)24-21(27)16-4-5-16/h6-12,16H,4-5H2,1-3H3,(H,24,27)(H,25,26,28). The molecule has 1 heterocycles. The van der Waals surface area contributed by atoms with Gasteiger partial charge in [-0.15, -0.1) is 11.3 Å². The van der Waals surface area contributed by atoms with Crippen molar-refractivity contribution in [2.45, 2.75) is 33.6 Å². The number of amides is 2. The van der Waals surface area contributed by atoms with Gasteiger partial charge in [0.15, 0.2) is 5.13 Å². The number of benzene rings is 2. The number of hydrogen-bond acceptors (Lipinski definition) is 4. The fourth-order valence-electron chi connectivity index (χ4n) is 3.16. The van der Waals surface area contributed by atoms with Gasteiger partial charge in [0.25, 0.3) is 5.91 Å². The Morgan fingerprint density at radius 2 is 1.66 bits per heavy atom. The minimum Gasteiger partial charge on any atom is -0.326 e. The van der Waals surface area contributed by atoms with Crippen molar-refractivity contribution in [2.75, 3.05) is 10.6 Å². The van der Waals surface area contributed by atoms with Crippen LogP contribution in [0.3, 0.4) is 0 Å². The van der Waals surface area contributed by atoms with Crippen LogP contribution in [0.2, 0.25) is 0 Å². The van der Waals surface area contributed by atoms with E-state index in [0.29, 0.717) is 16.4 Å². The molecule has 1 aliphatic rings. The summed E-state index contributed by atoms with van der Waals surface area (Å²) in [5.41, 5.74) is 6.82. The molecule has 1 saturated carbocycles. The van der Waals surface area contributed by atoms with Gasteiger partial charge in [-0.1, -0.05) is 6.07 Å². The van der Waals surface area contributed by atoms with Gasteiger partial charge >= 0.3 is 0 Å². The molecule has 2 N–H and O–H groups in total. The highest BCUT2D eigenvalue weighted by molar-refractivity contribution is 7.14. The summed E-state index contributed by atoms with van der Waals surface area (Å²) in [4.78, 5) is 29.0. The molecule has 0 atom stereocenters. The summed E-state index contributed by atoms with van der Waals surface area (Å²) in [6, 6.07) is 11.2. The zero-order chi connectivity index (χ0) is 20.5. The number of aromatic nitrogens is 1. The van der Waals surface area contributed by atoms with Crippen LogP contribution in [0.4, 0.5) is 10.8 Å². The summed E-state index contributed by atoms with van der Waals surface area (Å²) >= 11 is 1.41. The maximum atomic E-state index is 12.5. The zero-order valence-corrected chi connectivity index (χ0v) is 17.5. The van der Waals surface area contributed by atoms with Crippen molar-refractivity contribution in [1.82, 2.24) is 4.98 Å². The first-order chi connectivity index (χ1) is 13.9. The molecule has 0 aliphatic heterocycles. The van der Waals surface area contributed by atoms with Crippen LogP contribution in [0.15, 0.2) is 41.8 Å². The molecule has 0 saturated heterocycles. The van der Waals surface area contributed by atoms with E-state index in [1.807, 2.05) is 5.38 Å². The molecule has 2 amide bonds. The number of aryl methyl sites for hydroxylation is 3. The Morgan fingerprint density at radius 1 is 0.966 bits per heavy atom. The van der Waals surface area contributed by atoms with Crippen molar-refractivity contribution in [1.29, 1.82) is 0 Å². The normalized spacial score (nSPS) is 13.2. The summed E-state index contributed by atoms with van der Waals surface area (Å²) in [6.45, 7) is 6.26. The lowest BCUT2D eigenvalue weighted by Gasteiger charge is -2.07. The van der Waals surface area contributed by atoms with Gasteiger partial charge in [-0.05, 0) is 80.6 Å². The van der Waals surface area contributed by atoms with Crippen LogP contribution in [0.25, 0.3) is 11.3 Å². The Balaban J connectivity index is 1.44.